The number of rotatable bonds is 12. The molecule has 3 aliphatic rings. The molecule has 0 heterocycles. The van der Waals surface area contributed by atoms with E-state index in [4.69, 9.17) is 0 Å². The average molecular weight is 1250 g/mol. The Kier molecular flexibility index (Phi) is 24.3. The van der Waals surface area contributed by atoms with Crippen LogP contribution in [0.3, 0.4) is 0 Å². The van der Waals surface area contributed by atoms with E-state index in [1.807, 2.05) is 0 Å². The van der Waals surface area contributed by atoms with Crippen molar-refractivity contribution in [3.05, 3.63) is 170 Å². The maximum atomic E-state index is 13.9. The van der Waals surface area contributed by atoms with E-state index in [0.717, 1.165) is 36.4 Å². The summed E-state index contributed by atoms with van der Waals surface area (Å²) in [5, 5.41) is 19.9. The molecule has 12 nitrogen and oxygen atoms in total. The molecule has 0 bridgehead atoms. The zero-order valence-corrected chi connectivity index (χ0v) is 49.6. The summed E-state index contributed by atoms with van der Waals surface area (Å²) in [5.41, 5.74) is 0.538. The summed E-state index contributed by atoms with van der Waals surface area (Å²) in [6.07, 6.45) is 6.24. The van der Waals surface area contributed by atoms with Gasteiger partial charge in [-0.2, -0.15) is 0 Å². The van der Waals surface area contributed by atoms with Crippen LogP contribution in [0.5, 0.6) is 0 Å². The van der Waals surface area contributed by atoms with E-state index >= 15 is 0 Å². The fourth-order valence-electron chi connectivity index (χ4n) is 9.25. The van der Waals surface area contributed by atoms with Crippen molar-refractivity contribution in [2.75, 3.05) is 0 Å². The summed E-state index contributed by atoms with van der Waals surface area (Å²) in [6, 6.07) is 26.4. The number of carbonyl (C=O) groups excluding carboxylic acids is 1. The van der Waals surface area contributed by atoms with E-state index in [0.29, 0.717) is 93.7 Å². The summed E-state index contributed by atoms with van der Waals surface area (Å²) >= 11 is 0. The Morgan fingerprint density at radius 2 is 0.662 bits per heavy atom. The van der Waals surface area contributed by atoms with Crippen LogP contribution in [0.4, 0.5) is 26.3 Å². The van der Waals surface area contributed by atoms with Gasteiger partial charge in [-0.25, -0.2) is 65.8 Å². The number of aliphatic hydroxyl groups is 2. The Hall–Kier alpha value is -4.53. The van der Waals surface area contributed by atoms with Crippen LogP contribution in [-0.4, -0.2) is 93.6 Å². The maximum Gasteiger partial charge on any atom is 2.00 e. The van der Waals surface area contributed by atoms with Gasteiger partial charge in [0.15, 0.2) is 0 Å². The molecule has 6 aromatic rings. The minimum atomic E-state index is -3.71. The van der Waals surface area contributed by atoms with E-state index in [-0.39, 0.29) is 103 Å². The van der Waals surface area contributed by atoms with Crippen LogP contribution in [0.25, 0.3) is 33.4 Å². The quantitative estimate of drug-likeness (QED) is 0.0464. The Morgan fingerprint density at radius 3 is 0.900 bits per heavy atom. The van der Waals surface area contributed by atoms with Crippen molar-refractivity contribution in [2.24, 2.45) is 0 Å². The first-order valence-electron chi connectivity index (χ1n) is 24.9. The number of benzene rings is 6. The molecular formula is C57H62BrF6MgN3O9S3. The molecule has 0 amide bonds. The fraction of sp³-hybridized carbons (Fsp3) is 0.333. The zero-order valence-electron chi connectivity index (χ0n) is 44.2. The molecule has 9 rings (SSSR count). The molecule has 428 valence electrons. The van der Waals surface area contributed by atoms with Crippen LogP contribution >= 0.6 is 0 Å². The van der Waals surface area contributed by atoms with E-state index in [1.54, 1.807) is 13.8 Å². The van der Waals surface area contributed by atoms with E-state index in [1.165, 1.54) is 91.0 Å². The largest absolute Gasteiger partial charge is 2.00 e. The number of nitrogens with one attached hydrogen (secondary N) is 3. The van der Waals surface area contributed by atoms with Crippen molar-refractivity contribution in [1.29, 1.82) is 0 Å². The first-order valence-corrected chi connectivity index (χ1v) is 29.3. The van der Waals surface area contributed by atoms with Crippen LogP contribution in [-0.2, 0) is 34.9 Å². The van der Waals surface area contributed by atoms with E-state index < -0.39 is 76.2 Å². The molecule has 6 aromatic carbocycles. The van der Waals surface area contributed by atoms with Gasteiger partial charge in [-0.15, -0.1) is 0 Å². The molecule has 0 radical (unpaired) electrons. The van der Waals surface area contributed by atoms with Gasteiger partial charge < -0.3 is 34.6 Å². The molecule has 0 spiro atoms. The van der Waals surface area contributed by atoms with Gasteiger partial charge >= 0.3 is 23.1 Å². The Bertz CT molecular complexity index is 3240. The van der Waals surface area contributed by atoms with Crippen LogP contribution in [0.15, 0.2) is 142 Å². The second kappa shape index (κ2) is 28.6. The number of sulfonamides is 3. The second-order valence-corrected chi connectivity index (χ2v) is 25.3. The number of hydrogen-bond donors (Lipinski definition) is 5. The molecule has 0 unspecified atom stereocenters. The summed E-state index contributed by atoms with van der Waals surface area (Å²) in [6.45, 7) is 3.51. The van der Waals surface area contributed by atoms with E-state index in [9.17, 15) is 66.6 Å². The molecule has 3 saturated carbocycles. The third-order valence-corrected chi connectivity index (χ3v) is 18.5. The summed E-state index contributed by atoms with van der Waals surface area (Å²) in [4.78, 5) is 11.5. The van der Waals surface area contributed by atoms with Crippen molar-refractivity contribution >= 4 is 58.9 Å². The minimum absolute atomic E-state index is 0. The average Bonchev–Trinajstić information content (AvgIpc) is 3.36. The van der Waals surface area contributed by atoms with Crippen molar-refractivity contribution in [1.82, 2.24) is 14.2 Å². The number of carbonyl (C=O) groups is 1. The number of hydrogen-bond acceptors (Lipinski definition) is 9. The predicted molar refractivity (Wildman–Crippen MR) is 292 cm³/mol. The Labute approximate surface area is 491 Å². The maximum absolute atomic E-state index is 13.9. The van der Waals surface area contributed by atoms with Gasteiger partial charge in [0.2, 0.25) is 30.1 Å². The second-order valence-electron chi connectivity index (χ2n) is 20.2. The van der Waals surface area contributed by atoms with Gasteiger partial charge in [0.25, 0.3) is 0 Å². The monoisotopic (exact) mass is 1250 g/mol. The van der Waals surface area contributed by atoms with Gasteiger partial charge in [0, 0.05) is 65.9 Å². The molecule has 0 saturated heterocycles. The molecule has 3 fully saturated rings. The summed E-state index contributed by atoms with van der Waals surface area (Å²) < 4.78 is 163. The van der Waals surface area contributed by atoms with Gasteiger partial charge in [-0.1, -0.05) is 36.4 Å². The van der Waals surface area contributed by atoms with Gasteiger partial charge in [0.05, 0.1) is 25.9 Å². The summed E-state index contributed by atoms with van der Waals surface area (Å²) in [7, 11) is -11.1. The van der Waals surface area contributed by atoms with Gasteiger partial charge in [0.1, 0.15) is 40.7 Å². The first kappa shape index (κ1) is 68.0. The van der Waals surface area contributed by atoms with Crippen molar-refractivity contribution < 1.29 is 83.6 Å². The molecule has 0 atom stereocenters. The van der Waals surface area contributed by atoms with Gasteiger partial charge in [-0.3, -0.25) is 4.79 Å². The van der Waals surface area contributed by atoms with Crippen molar-refractivity contribution in [2.45, 2.75) is 135 Å². The van der Waals surface area contributed by atoms with E-state index in [2.05, 4.69) is 14.2 Å². The molecule has 80 heavy (non-hydrogen) atoms. The van der Waals surface area contributed by atoms with Crippen LogP contribution in [0.1, 0.15) is 90.9 Å². The molecule has 0 aromatic heterocycles. The third-order valence-electron chi connectivity index (χ3n) is 13.9. The minimum Gasteiger partial charge on any atom is -1.00 e. The summed E-state index contributed by atoms with van der Waals surface area (Å²) in [5.74, 6) is -3.96. The SMILES string of the molecule is CC1(O)CCC(NS(=O)(=O)c2ccc(-c3ccc(F)cc3F)cc2)CC1.CC1(O)CCC(NS(=O)(=O)c2ccc(-c3ccc(F)cc3F)cc2)CC1.O=C1CCC(NS(=O)(=O)c2ccc(-c3ccc(F)cc3F)cc2)CC1.[Br-].[CH3-].[Mg+2]. The van der Waals surface area contributed by atoms with Crippen LogP contribution < -0.4 is 31.1 Å². The van der Waals surface area contributed by atoms with Crippen LogP contribution in [0.2, 0.25) is 0 Å². The molecule has 0 aliphatic heterocycles. The molecule has 3 aliphatic carbocycles. The Morgan fingerprint density at radius 1 is 0.425 bits per heavy atom. The normalized spacial score (nSPS) is 20.5. The topological polar surface area (TPSA) is 196 Å². The zero-order chi connectivity index (χ0) is 55.9. The molecule has 5 N–H and O–H groups in total. The van der Waals surface area contributed by atoms with Gasteiger partial charge in [-0.05, 0) is 168 Å². The molecular weight excluding hydrogens is 1190 g/mol. The fourth-order valence-corrected chi connectivity index (χ4v) is 13.2. The van der Waals surface area contributed by atoms with Crippen molar-refractivity contribution in [3.63, 3.8) is 0 Å². The number of Topliss-reactive ketones (excluding diaryl/α,β-unsaturated/α-hetero) is 1. The third kappa shape index (κ3) is 18.7. The first-order chi connectivity index (χ1) is 36.2. The number of halogens is 7. The molecule has 23 heteroatoms. The Balaban J connectivity index is 0.000000254. The standard InChI is InChI=1S/2C19H21F2NO3S.C18H17F2NO3S.CH3.BrH.Mg/c2*1-19(23)10-8-15(9-11-19)22-26(24,25)16-5-2-13(3-6-16)17-7-4-14(20)12-18(17)21;19-13-3-10-17(18(20)11-13)12-1-8-16(9-2-12)25(23,24)21-14-4-6-15(22)7-5-14;;;/h2*2-7,12,15,22-23H,8-11H2,1H3;1-3,8-11,14,21H,4-7H2;1H3;1H;/q;;;-1;;+2/p-1. The van der Waals surface area contributed by atoms with Crippen molar-refractivity contribution in [3.8, 4) is 33.4 Å². The van der Waals surface area contributed by atoms with Crippen LogP contribution in [0, 0.1) is 42.3 Å². The smallest absolute Gasteiger partial charge is 1.00 e. The predicted octanol–water partition coefficient (Wildman–Crippen LogP) is 7.70. The number of ketones is 1.